The van der Waals surface area contributed by atoms with Gasteiger partial charge in [-0.1, -0.05) is 23.7 Å². The first kappa shape index (κ1) is 16.5. The van der Waals surface area contributed by atoms with Gasteiger partial charge in [0.15, 0.2) is 0 Å². The summed E-state index contributed by atoms with van der Waals surface area (Å²) in [6.45, 7) is 0.640. The molecule has 1 aromatic carbocycles. The average molecular weight is 345 g/mol. The number of carbonyl (C=O) groups excluding carboxylic acids is 1. The topological polar surface area (TPSA) is 70.5 Å². The SMILES string of the molecule is O=C(O)c1cc(C(=O)N2CCCCC2c2cccc(Cl)c2)ccn1. The number of piperidine rings is 1. The number of amides is 1. The van der Waals surface area contributed by atoms with Crippen molar-refractivity contribution in [1.82, 2.24) is 9.88 Å². The van der Waals surface area contributed by atoms with Crippen molar-refractivity contribution in [3.63, 3.8) is 0 Å². The van der Waals surface area contributed by atoms with Gasteiger partial charge in [0, 0.05) is 23.3 Å². The minimum atomic E-state index is -1.14. The number of carboxylic acids is 1. The van der Waals surface area contributed by atoms with Crippen LogP contribution in [0.5, 0.6) is 0 Å². The van der Waals surface area contributed by atoms with Gasteiger partial charge in [-0.2, -0.15) is 0 Å². The molecule has 1 N–H and O–H groups in total. The highest BCUT2D eigenvalue weighted by atomic mass is 35.5. The predicted molar refractivity (Wildman–Crippen MR) is 90.3 cm³/mol. The lowest BCUT2D eigenvalue weighted by Gasteiger charge is -2.36. The third-order valence-corrected chi connectivity index (χ3v) is 4.46. The molecule has 6 heteroatoms. The summed E-state index contributed by atoms with van der Waals surface area (Å²) >= 11 is 6.09. The van der Waals surface area contributed by atoms with Gasteiger partial charge in [0.05, 0.1) is 6.04 Å². The van der Waals surface area contributed by atoms with Gasteiger partial charge in [-0.05, 0) is 49.1 Å². The first-order chi connectivity index (χ1) is 11.6. The molecule has 0 spiro atoms. The standard InChI is InChI=1S/C18H17ClN2O3/c19-14-5-3-4-12(10-14)16-6-1-2-9-21(16)17(22)13-7-8-20-15(11-13)18(23)24/h3-5,7-8,10-11,16H,1-2,6,9H2,(H,23,24). The van der Waals surface area contributed by atoms with Crippen molar-refractivity contribution in [2.45, 2.75) is 25.3 Å². The molecule has 5 nitrogen and oxygen atoms in total. The zero-order valence-electron chi connectivity index (χ0n) is 13.0. The largest absolute Gasteiger partial charge is 0.477 e. The molecule has 1 aliphatic heterocycles. The number of benzene rings is 1. The van der Waals surface area contributed by atoms with E-state index in [-0.39, 0.29) is 17.6 Å². The van der Waals surface area contributed by atoms with E-state index in [0.717, 1.165) is 24.8 Å². The van der Waals surface area contributed by atoms with Crippen LogP contribution in [0.1, 0.15) is 51.7 Å². The van der Waals surface area contributed by atoms with E-state index in [2.05, 4.69) is 4.98 Å². The molecular weight excluding hydrogens is 328 g/mol. The Morgan fingerprint density at radius 3 is 2.79 bits per heavy atom. The van der Waals surface area contributed by atoms with Crippen molar-refractivity contribution in [2.24, 2.45) is 0 Å². The number of hydrogen-bond acceptors (Lipinski definition) is 3. The molecule has 1 amide bonds. The van der Waals surface area contributed by atoms with Gasteiger partial charge in [0.25, 0.3) is 5.91 Å². The van der Waals surface area contributed by atoms with Gasteiger partial charge in [-0.25, -0.2) is 9.78 Å². The smallest absolute Gasteiger partial charge is 0.354 e. The molecule has 1 saturated heterocycles. The number of aromatic nitrogens is 1. The number of aromatic carboxylic acids is 1. The van der Waals surface area contributed by atoms with Gasteiger partial charge >= 0.3 is 5.97 Å². The van der Waals surface area contributed by atoms with Gasteiger partial charge < -0.3 is 10.0 Å². The van der Waals surface area contributed by atoms with E-state index in [1.54, 1.807) is 11.0 Å². The summed E-state index contributed by atoms with van der Waals surface area (Å²) in [6, 6.07) is 10.4. The number of hydrogen-bond donors (Lipinski definition) is 1. The molecule has 1 aliphatic rings. The maximum absolute atomic E-state index is 12.9. The van der Waals surface area contributed by atoms with Crippen LogP contribution in [0.15, 0.2) is 42.6 Å². The minimum absolute atomic E-state index is 0.0496. The molecule has 0 saturated carbocycles. The zero-order valence-corrected chi connectivity index (χ0v) is 13.7. The molecule has 2 aromatic rings. The fraction of sp³-hybridized carbons (Fsp3) is 0.278. The van der Waals surface area contributed by atoms with Crippen LogP contribution < -0.4 is 0 Å². The number of halogens is 1. The van der Waals surface area contributed by atoms with E-state index < -0.39 is 5.97 Å². The number of carbonyl (C=O) groups is 2. The Morgan fingerprint density at radius 1 is 1.21 bits per heavy atom. The number of nitrogens with zero attached hydrogens (tertiary/aromatic N) is 2. The van der Waals surface area contributed by atoms with E-state index in [1.165, 1.54) is 12.3 Å². The van der Waals surface area contributed by atoms with Crippen molar-refractivity contribution in [3.8, 4) is 0 Å². The summed E-state index contributed by atoms with van der Waals surface area (Å²) in [7, 11) is 0. The fourth-order valence-corrected chi connectivity index (χ4v) is 3.28. The van der Waals surface area contributed by atoms with Gasteiger partial charge in [0.2, 0.25) is 0 Å². The second-order valence-electron chi connectivity index (χ2n) is 5.80. The Hall–Kier alpha value is -2.40. The Balaban J connectivity index is 1.91. The summed E-state index contributed by atoms with van der Waals surface area (Å²) in [6.07, 6.45) is 4.19. The van der Waals surface area contributed by atoms with E-state index in [1.807, 2.05) is 24.3 Å². The summed E-state index contributed by atoms with van der Waals surface area (Å²) in [4.78, 5) is 29.6. The number of carboxylic acid groups (broad SMARTS) is 1. The maximum atomic E-state index is 12.9. The van der Waals surface area contributed by atoms with Crippen LogP contribution >= 0.6 is 11.6 Å². The van der Waals surface area contributed by atoms with Gasteiger partial charge in [0.1, 0.15) is 5.69 Å². The molecule has 1 fully saturated rings. The number of pyridine rings is 1. The molecular formula is C18H17ClN2O3. The Kier molecular flexibility index (Phi) is 4.81. The Bertz CT molecular complexity index is 778. The highest BCUT2D eigenvalue weighted by molar-refractivity contribution is 6.30. The second kappa shape index (κ2) is 7.01. The molecule has 24 heavy (non-hydrogen) atoms. The van der Waals surface area contributed by atoms with Crippen molar-refractivity contribution in [2.75, 3.05) is 6.54 Å². The average Bonchev–Trinajstić information content (AvgIpc) is 2.61. The third kappa shape index (κ3) is 3.41. The molecule has 1 unspecified atom stereocenters. The quantitative estimate of drug-likeness (QED) is 0.919. The molecule has 1 aromatic heterocycles. The first-order valence-electron chi connectivity index (χ1n) is 7.82. The van der Waals surface area contributed by atoms with Crippen molar-refractivity contribution in [1.29, 1.82) is 0 Å². The normalized spacial score (nSPS) is 17.5. The molecule has 124 valence electrons. The van der Waals surface area contributed by atoms with E-state index >= 15 is 0 Å². The van der Waals surface area contributed by atoms with Crippen LogP contribution in [-0.4, -0.2) is 33.4 Å². The Labute approximate surface area is 144 Å². The Morgan fingerprint density at radius 2 is 2.04 bits per heavy atom. The summed E-state index contributed by atoms with van der Waals surface area (Å²) in [5.74, 6) is -1.32. The van der Waals surface area contributed by atoms with Crippen molar-refractivity contribution >= 4 is 23.5 Å². The molecule has 0 radical (unpaired) electrons. The van der Waals surface area contributed by atoms with Crippen LogP contribution in [0.3, 0.4) is 0 Å². The lowest BCUT2D eigenvalue weighted by Crippen LogP contribution is -2.38. The lowest BCUT2D eigenvalue weighted by atomic mass is 9.94. The zero-order chi connectivity index (χ0) is 17.1. The summed E-state index contributed by atoms with van der Waals surface area (Å²) in [5.41, 5.74) is 1.22. The lowest BCUT2D eigenvalue weighted by molar-refractivity contribution is 0.0611. The molecule has 0 aliphatic carbocycles. The monoisotopic (exact) mass is 344 g/mol. The summed E-state index contributed by atoms with van der Waals surface area (Å²) < 4.78 is 0. The van der Waals surface area contributed by atoms with Crippen LogP contribution in [0.4, 0.5) is 0 Å². The molecule has 1 atom stereocenters. The van der Waals surface area contributed by atoms with Gasteiger partial charge in [-0.3, -0.25) is 4.79 Å². The second-order valence-corrected chi connectivity index (χ2v) is 6.24. The highest BCUT2D eigenvalue weighted by Crippen LogP contribution is 2.33. The van der Waals surface area contributed by atoms with E-state index in [9.17, 15) is 9.59 Å². The van der Waals surface area contributed by atoms with Crippen LogP contribution in [0.2, 0.25) is 5.02 Å². The number of rotatable bonds is 3. The minimum Gasteiger partial charge on any atom is -0.477 e. The van der Waals surface area contributed by atoms with Crippen molar-refractivity contribution in [3.05, 3.63) is 64.4 Å². The third-order valence-electron chi connectivity index (χ3n) is 4.22. The van der Waals surface area contributed by atoms with Crippen LogP contribution in [0.25, 0.3) is 0 Å². The predicted octanol–water partition coefficient (Wildman–Crippen LogP) is 3.80. The van der Waals surface area contributed by atoms with Gasteiger partial charge in [-0.15, -0.1) is 0 Å². The van der Waals surface area contributed by atoms with E-state index in [4.69, 9.17) is 16.7 Å². The van der Waals surface area contributed by atoms with Crippen LogP contribution in [-0.2, 0) is 0 Å². The first-order valence-corrected chi connectivity index (χ1v) is 8.20. The fourth-order valence-electron chi connectivity index (χ4n) is 3.08. The molecule has 3 rings (SSSR count). The molecule has 2 heterocycles. The van der Waals surface area contributed by atoms with E-state index in [0.29, 0.717) is 17.1 Å². The molecule has 0 bridgehead atoms. The maximum Gasteiger partial charge on any atom is 0.354 e. The van der Waals surface area contributed by atoms with Crippen molar-refractivity contribution < 1.29 is 14.7 Å². The highest BCUT2D eigenvalue weighted by Gasteiger charge is 2.29. The summed E-state index contributed by atoms with van der Waals surface area (Å²) in [5, 5.41) is 9.70. The van der Waals surface area contributed by atoms with Crippen LogP contribution in [0, 0.1) is 0 Å². The number of likely N-dealkylation sites (tertiary alicyclic amines) is 1.